The van der Waals surface area contributed by atoms with Crippen LogP contribution in [0.1, 0.15) is 20.8 Å². The number of hydrogen-bond donors (Lipinski definition) is 2. The topological polar surface area (TPSA) is 75.3 Å². The van der Waals surface area contributed by atoms with Gasteiger partial charge in [-0.3, -0.25) is 9.52 Å². The smallest absolute Gasteiger partial charge is 0.267 e. The fourth-order valence-electron chi connectivity index (χ4n) is 3.31. The summed E-state index contributed by atoms with van der Waals surface area (Å²) in [6.45, 7) is 3.82. The number of benzene rings is 3. The molecule has 0 saturated carbocycles. The Morgan fingerprint density at radius 1 is 0.903 bits per heavy atom. The summed E-state index contributed by atoms with van der Waals surface area (Å²) in [6.07, 6.45) is 0. The summed E-state index contributed by atoms with van der Waals surface area (Å²) in [7, 11) is -3.75. The summed E-state index contributed by atoms with van der Waals surface area (Å²) in [5, 5.41) is 4.02. The minimum atomic E-state index is -3.75. The van der Waals surface area contributed by atoms with Crippen molar-refractivity contribution in [2.45, 2.75) is 18.7 Å². The highest BCUT2D eigenvalue weighted by Crippen LogP contribution is 2.35. The molecule has 1 aromatic heterocycles. The Kier molecular flexibility index (Phi) is 5.75. The molecule has 0 radical (unpaired) electrons. The maximum absolute atomic E-state index is 12.7. The fraction of sp³-hybridized carbons (Fsp3) is 0.0870. The number of carbonyl (C=O) groups excluding carboxylic acids is 1. The number of fused-ring (bicyclic) bond motifs is 1. The van der Waals surface area contributed by atoms with Crippen LogP contribution in [-0.4, -0.2) is 14.3 Å². The van der Waals surface area contributed by atoms with Gasteiger partial charge >= 0.3 is 0 Å². The average Bonchev–Trinajstić information content (AvgIpc) is 3.04. The Morgan fingerprint density at radius 3 is 2.19 bits per heavy atom. The van der Waals surface area contributed by atoms with E-state index in [4.69, 9.17) is 11.6 Å². The molecule has 0 spiro atoms. The van der Waals surface area contributed by atoms with Gasteiger partial charge in [0.15, 0.2) is 0 Å². The Balaban J connectivity index is 1.52. The van der Waals surface area contributed by atoms with Crippen molar-refractivity contribution in [2.75, 3.05) is 10.0 Å². The number of sulfonamides is 1. The molecule has 1 amide bonds. The van der Waals surface area contributed by atoms with Crippen molar-refractivity contribution >= 4 is 60.3 Å². The highest BCUT2D eigenvalue weighted by Gasteiger charge is 2.18. The quantitative estimate of drug-likeness (QED) is 0.363. The predicted molar refractivity (Wildman–Crippen MR) is 128 cm³/mol. The molecule has 0 aliphatic rings. The zero-order chi connectivity index (χ0) is 22.2. The molecule has 0 unspecified atom stereocenters. The number of thiophene rings is 1. The summed E-state index contributed by atoms with van der Waals surface area (Å²) >= 11 is 7.68. The van der Waals surface area contributed by atoms with Crippen LogP contribution in [0, 0.1) is 13.8 Å². The lowest BCUT2D eigenvalue weighted by Gasteiger charge is -2.11. The monoisotopic (exact) mass is 470 g/mol. The van der Waals surface area contributed by atoms with Crippen molar-refractivity contribution in [2.24, 2.45) is 0 Å². The van der Waals surface area contributed by atoms with Crippen molar-refractivity contribution in [3.63, 3.8) is 0 Å². The highest BCUT2D eigenvalue weighted by molar-refractivity contribution is 7.92. The average molecular weight is 471 g/mol. The molecule has 8 heteroatoms. The third-order valence-corrected chi connectivity index (χ3v) is 7.71. The van der Waals surface area contributed by atoms with Gasteiger partial charge in [-0.15, -0.1) is 11.3 Å². The first-order chi connectivity index (χ1) is 14.7. The minimum absolute atomic E-state index is 0.101. The molecule has 0 fully saturated rings. The van der Waals surface area contributed by atoms with Crippen LogP contribution in [0.2, 0.25) is 5.02 Å². The van der Waals surface area contributed by atoms with Gasteiger partial charge in [0.05, 0.1) is 9.92 Å². The first-order valence-corrected chi connectivity index (χ1v) is 12.1. The van der Waals surface area contributed by atoms with Crippen molar-refractivity contribution in [3.05, 3.63) is 87.8 Å². The summed E-state index contributed by atoms with van der Waals surface area (Å²) in [5.41, 5.74) is 2.92. The second-order valence-corrected chi connectivity index (χ2v) is 10.3. The van der Waals surface area contributed by atoms with Gasteiger partial charge < -0.3 is 5.32 Å². The Bertz CT molecular complexity index is 1370. The fourth-order valence-corrected chi connectivity index (χ4v) is 5.77. The summed E-state index contributed by atoms with van der Waals surface area (Å²) in [4.78, 5) is 13.2. The first kappa shape index (κ1) is 21.4. The number of hydrogen-bond acceptors (Lipinski definition) is 4. The van der Waals surface area contributed by atoms with Crippen LogP contribution in [0.5, 0.6) is 0 Å². The maximum atomic E-state index is 12.7. The van der Waals surface area contributed by atoms with E-state index in [2.05, 4.69) is 10.0 Å². The van der Waals surface area contributed by atoms with Crippen LogP contribution in [-0.2, 0) is 10.0 Å². The lowest BCUT2D eigenvalue weighted by atomic mass is 10.1. The second-order valence-electron chi connectivity index (χ2n) is 7.20. The summed E-state index contributed by atoms with van der Waals surface area (Å²) < 4.78 is 28.9. The molecule has 1 heterocycles. The van der Waals surface area contributed by atoms with Crippen LogP contribution in [0.15, 0.2) is 71.6 Å². The van der Waals surface area contributed by atoms with Crippen molar-refractivity contribution in [3.8, 4) is 0 Å². The normalized spacial score (nSPS) is 11.5. The molecular formula is C23H19ClN2O3S2. The summed E-state index contributed by atoms with van der Waals surface area (Å²) in [6, 6.07) is 19.1. The molecule has 5 nitrogen and oxygen atoms in total. The number of carbonyl (C=O) groups is 1. The molecule has 0 aliphatic carbocycles. The zero-order valence-corrected chi connectivity index (χ0v) is 19.2. The van der Waals surface area contributed by atoms with Gasteiger partial charge in [0.1, 0.15) is 4.88 Å². The van der Waals surface area contributed by atoms with Gasteiger partial charge in [-0.2, -0.15) is 0 Å². The number of aryl methyl sites for hydroxylation is 2. The molecule has 0 aliphatic heterocycles. The van der Waals surface area contributed by atoms with E-state index in [-0.39, 0.29) is 10.8 Å². The largest absolute Gasteiger partial charge is 0.321 e. The van der Waals surface area contributed by atoms with E-state index in [1.807, 2.05) is 44.2 Å². The van der Waals surface area contributed by atoms with Gasteiger partial charge in [-0.05, 0) is 67.4 Å². The van der Waals surface area contributed by atoms with E-state index in [0.717, 1.165) is 21.2 Å². The van der Waals surface area contributed by atoms with Crippen LogP contribution in [0.4, 0.5) is 11.4 Å². The van der Waals surface area contributed by atoms with E-state index in [0.29, 0.717) is 21.3 Å². The van der Waals surface area contributed by atoms with Crippen LogP contribution in [0.25, 0.3) is 10.1 Å². The van der Waals surface area contributed by atoms with E-state index in [1.54, 1.807) is 24.3 Å². The summed E-state index contributed by atoms with van der Waals surface area (Å²) in [5.74, 6) is -0.338. The van der Waals surface area contributed by atoms with Crippen molar-refractivity contribution in [1.82, 2.24) is 0 Å². The minimum Gasteiger partial charge on any atom is -0.321 e. The zero-order valence-electron chi connectivity index (χ0n) is 16.8. The molecule has 3 aromatic carbocycles. The van der Waals surface area contributed by atoms with Crippen LogP contribution >= 0.6 is 22.9 Å². The maximum Gasteiger partial charge on any atom is 0.267 e. The SMILES string of the molecule is Cc1cc(C)cc(NS(=O)(=O)c2ccc(NC(=O)c3sc4ccccc4c3Cl)cc2)c1. The molecule has 158 valence electrons. The Labute approximate surface area is 189 Å². The van der Waals surface area contributed by atoms with Gasteiger partial charge in [-0.1, -0.05) is 35.9 Å². The number of halogens is 1. The van der Waals surface area contributed by atoms with Crippen molar-refractivity contribution < 1.29 is 13.2 Å². The number of anilines is 2. The Hall–Kier alpha value is -2.87. The van der Waals surface area contributed by atoms with Gasteiger partial charge in [0.2, 0.25) is 0 Å². The number of nitrogens with one attached hydrogen (secondary N) is 2. The molecule has 0 bridgehead atoms. The van der Waals surface area contributed by atoms with E-state index in [1.165, 1.54) is 23.5 Å². The van der Waals surface area contributed by atoms with Crippen LogP contribution in [0.3, 0.4) is 0 Å². The predicted octanol–water partition coefficient (Wildman–Crippen LogP) is 6.22. The van der Waals surface area contributed by atoms with Crippen LogP contribution < -0.4 is 10.0 Å². The first-order valence-electron chi connectivity index (χ1n) is 9.42. The van der Waals surface area contributed by atoms with Gasteiger partial charge in [0.25, 0.3) is 15.9 Å². The molecule has 2 N–H and O–H groups in total. The molecule has 0 atom stereocenters. The van der Waals surface area contributed by atoms with Crippen molar-refractivity contribution in [1.29, 1.82) is 0 Å². The van der Waals surface area contributed by atoms with E-state index < -0.39 is 10.0 Å². The van der Waals surface area contributed by atoms with E-state index >= 15 is 0 Å². The van der Waals surface area contributed by atoms with Gasteiger partial charge in [-0.25, -0.2) is 8.42 Å². The molecular weight excluding hydrogens is 452 g/mol. The molecule has 31 heavy (non-hydrogen) atoms. The molecule has 4 rings (SSSR count). The lowest BCUT2D eigenvalue weighted by Crippen LogP contribution is -2.14. The molecule has 0 saturated heterocycles. The van der Waals surface area contributed by atoms with Gasteiger partial charge in [0, 0.05) is 21.5 Å². The third kappa shape index (κ3) is 4.58. The Morgan fingerprint density at radius 2 is 1.55 bits per heavy atom. The lowest BCUT2D eigenvalue weighted by molar-refractivity contribution is 0.103. The molecule has 4 aromatic rings. The second kappa shape index (κ2) is 8.34. The highest BCUT2D eigenvalue weighted by atomic mass is 35.5. The number of amides is 1. The third-order valence-electron chi connectivity index (χ3n) is 4.64. The van der Waals surface area contributed by atoms with E-state index in [9.17, 15) is 13.2 Å². The standard InChI is InChI=1S/C23H19ClN2O3S2/c1-14-11-15(2)13-17(12-14)26-31(28,29)18-9-7-16(8-10-18)25-23(27)22-21(24)19-5-3-4-6-20(19)30-22/h3-13,26H,1-2H3,(H,25,27). The number of rotatable bonds is 5.